The quantitative estimate of drug-likeness (QED) is 0.443. The lowest BCUT2D eigenvalue weighted by molar-refractivity contribution is -0.123. The number of thiocarbonyl (C=S) groups is 1. The number of amides is 2. The van der Waals surface area contributed by atoms with Gasteiger partial charge >= 0.3 is 0 Å². The second kappa shape index (κ2) is 9.65. The van der Waals surface area contributed by atoms with Crippen molar-refractivity contribution in [2.45, 2.75) is 6.92 Å². The molecule has 26 heavy (non-hydrogen) atoms. The van der Waals surface area contributed by atoms with Gasteiger partial charge in [0.2, 0.25) is 0 Å². The first-order valence-electron chi connectivity index (χ1n) is 7.40. The molecule has 0 fully saturated rings. The summed E-state index contributed by atoms with van der Waals surface area (Å²) in [5, 5.41) is 2.45. The van der Waals surface area contributed by atoms with E-state index in [1.54, 1.807) is 36.4 Å². The van der Waals surface area contributed by atoms with Gasteiger partial charge in [-0.25, -0.2) is 0 Å². The molecule has 0 radical (unpaired) electrons. The molecule has 0 atom stereocenters. The van der Waals surface area contributed by atoms with Crippen molar-refractivity contribution < 1.29 is 14.3 Å². The number of halogens is 2. The average Bonchev–Trinajstić information content (AvgIpc) is 2.61. The molecule has 0 saturated heterocycles. The second-order valence-corrected chi connectivity index (χ2v) is 7.34. The van der Waals surface area contributed by atoms with Gasteiger partial charge in [-0.1, -0.05) is 37.9 Å². The van der Waals surface area contributed by atoms with Crippen LogP contribution in [0.1, 0.15) is 15.9 Å². The SMILES string of the molecule is Cc1ccc(C(=O)NC(=S)NNC(=O)COc2ccc(Br)cc2)cc1Br. The molecule has 2 aromatic carbocycles. The molecule has 9 heteroatoms. The van der Waals surface area contributed by atoms with Gasteiger partial charge in [-0.3, -0.25) is 25.8 Å². The Morgan fingerprint density at radius 2 is 1.77 bits per heavy atom. The van der Waals surface area contributed by atoms with Crippen LogP contribution in [0.15, 0.2) is 51.4 Å². The highest BCUT2D eigenvalue weighted by atomic mass is 79.9. The number of nitrogens with one attached hydrogen (secondary N) is 3. The fourth-order valence-corrected chi connectivity index (χ4v) is 2.57. The van der Waals surface area contributed by atoms with Crippen molar-refractivity contribution in [2.75, 3.05) is 6.61 Å². The maximum Gasteiger partial charge on any atom is 0.276 e. The van der Waals surface area contributed by atoms with E-state index in [0.29, 0.717) is 11.3 Å². The maximum absolute atomic E-state index is 12.1. The summed E-state index contributed by atoms with van der Waals surface area (Å²) < 4.78 is 7.06. The lowest BCUT2D eigenvalue weighted by atomic mass is 10.1. The Balaban J connectivity index is 1.75. The number of hydrazine groups is 1. The van der Waals surface area contributed by atoms with Gasteiger partial charge in [0.1, 0.15) is 5.75 Å². The molecule has 0 spiro atoms. The lowest BCUT2D eigenvalue weighted by Gasteiger charge is -2.12. The number of benzene rings is 2. The Labute approximate surface area is 172 Å². The first kappa shape index (κ1) is 20.3. The molecule has 0 aliphatic carbocycles. The monoisotopic (exact) mass is 499 g/mol. The van der Waals surface area contributed by atoms with Crippen LogP contribution in [0.25, 0.3) is 0 Å². The molecule has 0 aliphatic rings. The minimum absolute atomic E-state index is 0.0244. The third-order valence-corrected chi connectivity index (χ3v) is 4.75. The van der Waals surface area contributed by atoms with Crippen molar-refractivity contribution in [2.24, 2.45) is 0 Å². The zero-order chi connectivity index (χ0) is 19.1. The summed E-state index contributed by atoms with van der Waals surface area (Å²) in [6, 6.07) is 12.3. The summed E-state index contributed by atoms with van der Waals surface area (Å²) in [7, 11) is 0. The van der Waals surface area contributed by atoms with Gasteiger partial charge in [0.15, 0.2) is 11.7 Å². The highest BCUT2D eigenvalue weighted by molar-refractivity contribution is 9.10. The molecular weight excluding hydrogens is 486 g/mol. The molecule has 0 aromatic heterocycles. The number of aryl methyl sites for hydroxylation is 1. The topological polar surface area (TPSA) is 79.5 Å². The van der Waals surface area contributed by atoms with E-state index >= 15 is 0 Å². The normalized spacial score (nSPS) is 9.96. The molecule has 0 heterocycles. The lowest BCUT2D eigenvalue weighted by Crippen LogP contribution is -2.49. The number of carbonyl (C=O) groups excluding carboxylic acids is 2. The summed E-state index contributed by atoms with van der Waals surface area (Å²) in [4.78, 5) is 23.8. The summed E-state index contributed by atoms with van der Waals surface area (Å²) >= 11 is 11.7. The van der Waals surface area contributed by atoms with E-state index in [1.807, 2.05) is 13.0 Å². The average molecular weight is 501 g/mol. The van der Waals surface area contributed by atoms with Crippen molar-refractivity contribution in [1.82, 2.24) is 16.2 Å². The first-order valence-corrected chi connectivity index (χ1v) is 9.39. The predicted octanol–water partition coefficient (Wildman–Crippen LogP) is 3.23. The number of hydrogen-bond acceptors (Lipinski definition) is 4. The van der Waals surface area contributed by atoms with Gasteiger partial charge in [-0.05, 0) is 61.1 Å². The summed E-state index contributed by atoms with van der Waals surface area (Å²) in [5.41, 5.74) is 6.26. The van der Waals surface area contributed by atoms with Crippen molar-refractivity contribution in [3.05, 3.63) is 62.5 Å². The van der Waals surface area contributed by atoms with Crippen LogP contribution in [0.4, 0.5) is 0 Å². The summed E-state index contributed by atoms with van der Waals surface area (Å²) in [6.07, 6.45) is 0. The second-order valence-electron chi connectivity index (χ2n) is 5.16. The summed E-state index contributed by atoms with van der Waals surface area (Å²) in [5.74, 6) is -0.268. The number of ether oxygens (including phenoxy) is 1. The number of rotatable bonds is 4. The van der Waals surface area contributed by atoms with Gasteiger partial charge in [-0.2, -0.15) is 0 Å². The van der Waals surface area contributed by atoms with Crippen LogP contribution >= 0.6 is 44.1 Å². The number of carbonyl (C=O) groups is 2. The van der Waals surface area contributed by atoms with Crippen molar-refractivity contribution >= 4 is 61.0 Å². The molecule has 2 aromatic rings. The zero-order valence-electron chi connectivity index (χ0n) is 13.6. The maximum atomic E-state index is 12.1. The van der Waals surface area contributed by atoms with E-state index in [-0.39, 0.29) is 17.6 Å². The first-order chi connectivity index (χ1) is 12.3. The Morgan fingerprint density at radius 3 is 2.42 bits per heavy atom. The van der Waals surface area contributed by atoms with Crippen LogP contribution in [0.5, 0.6) is 5.75 Å². The van der Waals surface area contributed by atoms with Crippen LogP contribution in [-0.2, 0) is 4.79 Å². The van der Waals surface area contributed by atoms with Crippen LogP contribution < -0.4 is 20.9 Å². The molecule has 2 amide bonds. The van der Waals surface area contributed by atoms with E-state index in [4.69, 9.17) is 17.0 Å². The highest BCUT2D eigenvalue weighted by Crippen LogP contribution is 2.17. The highest BCUT2D eigenvalue weighted by Gasteiger charge is 2.10. The van der Waals surface area contributed by atoms with Crippen LogP contribution in [0.3, 0.4) is 0 Å². The minimum atomic E-state index is -0.442. The van der Waals surface area contributed by atoms with E-state index in [1.165, 1.54) is 0 Å². The van der Waals surface area contributed by atoms with Crippen LogP contribution in [0.2, 0.25) is 0 Å². The Kier molecular flexibility index (Phi) is 7.55. The molecule has 3 N–H and O–H groups in total. The predicted molar refractivity (Wildman–Crippen MR) is 110 cm³/mol. The molecule has 0 bridgehead atoms. The molecule has 0 aliphatic heterocycles. The van der Waals surface area contributed by atoms with Gasteiger partial charge in [0, 0.05) is 14.5 Å². The molecule has 2 rings (SSSR count). The Bertz CT molecular complexity index is 829. The third kappa shape index (κ3) is 6.40. The van der Waals surface area contributed by atoms with Gasteiger partial charge in [-0.15, -0.1) is 0 Å². The van der Waals surface area contributed by atoms with E-state index < -0.39 is 5.91 Å². The zero-order valence-corrected chi connectivity index (χ0v) is 17.6. The van der Waals surface area contributed by atoms with Crippen molar-refractivity contribution in [1.29, 1.82) is 0 Å². The smallest absolute Gasteiger partial charge is 0.276 e. The third-order valence-electron chi connectivity index (χ3n) is 3.16. The van der Waals surface area contributed by atoms with Gasteiger partial charge < -0.3 is 4.74 Å². The molecule has 0 unspecified atom stereocenters. The minimum Gasteiger partial charge on any atom is -0.484 e. The van der Waals surface area contributed by atoms with Crippen LogP contribution in [-0.4, -0.2) is 23.5 Å². The fourth-order valence-electron chi connectivity index (χ4n) is 1.78. The van der Waals surface area contributed by atoms with E-state index in [9.17, 15) is 9.59 Å². The Hall–Kier alpha value is -1.97. The van der Waals surface area contributed by atoms with Crippen molar-refractivity contribution in [3.8, 4) is 5.75 Å². The standard InChI is InChI=1S/C17H15Br2N3O3S/c1-10-2-3-11(8-14(10)19)16(24)20-17(26)22-21-15(23)9-25-13-6-4-12(18)5-7-13/h2-8H,9H2,1H3,(H,21,23)(H2,20,22,24,26). The van der Waals surface area contributed by atoms with Crippen LogP contribution in [0, 0.1) is 6.92 Å². The molecule has 6 nitrogen and oxygen atoms in total. The molecular formula is C17H15Br2N3O3S. The molecule has 136 valence electrons. The van der Waals surface area contributed by atoms with Gasteiger partial charge in [0.25, 0.3) is 11.8 Å². The van der Waals surface area contributed by atoms with Crippen molar-refractivity contribution in [3.63, 3.8) is 0 Å². The summed E-state index contributed by atoms with van der Waals surface area (Å²) in [6.45, 7) is 1.72. The van der Waals surface area contributed by atoms with E-state index in [0.717, 1.165) is 14.5 Å². The Morgan fingerprint density at radius 1 is 1.08 bits per heavy atom. The van der Waals surface area contributed by atoms with E-state index in [2.05, 4.69) is 48.0 Å². The van der Waals surface area contributed by atoms with Gasteiger partial charge in [0.05, 0.1) is 0 Å². The fraction of sp³-hybridized carbons (Fsp3) is 0.118. The largest absolute Gasteiger partial charge is 0.484 e. The number of hydrogen-bond donors (Lipinski definition) is 3. The molecule has 0 saturated carbocycles.